The van der Waals surface area contributed by atoms with Gasteiger partial charge in [-0.25, -0.2) is 0 Å². The van der Waals surface area contributed by atoms with E-state index in [9.17, 15) is 0 Å². The number of hydrogen-bond donors (Lipinski definition) is 1. The van der Waals surface area contributed by atoms with Gasteiger partial charge in [0.25, 0.3) is 0 Å². The maximum atomic E-state index is 6.04. The summed E-state index contributed by atoms with van der Waals surface area (Å²) in [7, 11) is 1.59. The van der Waals surface area contributed by atoms with Crippen molar-refractivity contribution in [3.63, 3.8) is 0 Å². The predicted octanol–water partition coefficient (Wildman–Crippen LogP) is 3.16. The third-order valence-electron chi connectivity index (χ3n) is 2.33. The molecule has 0 unspecified atom stereocenters. The van der Waals surface area contributed by atoms with Crippen molar-refractivity contribution in [1.82, 2.24) is 0 Å². The van der Waals surface area contributed by atoms with E-state index in [1.54, 1.807) is 7.11 Å². The van der Waals surface area contributed by atoms with E-state index in [1.807, 2.05) is 32.0 Å². The van der Waals surface area contributed by atoms with Crippen LogP contribution in [0, 0.1) is 0 Å². The van der Waals surface area contributed by atoms with E-state index in [-0.39, 0.29) is 6.29 Å². The molecule has 0 radical (unpaired) electrons. The highest BCUT2D eigenvalue weighted by molar-refractivity contribution is 6.32. The van der Waals surface area contributed by atoms with Gasteiger partial charge in [0.05, 0.1) is 18.7 Å². The molecule has 0 bridgehead atoms. The molecule has 0 saturated heterocycles. The molecule has 1 rings (SSSR count). The van der Waals surface area contributed by atoms with E-state index in [2.05, 4.69) is 5.32 Å². The Hall–Kier alpha value is -0.970. The molecule has 102 valence electrons. The van der Waals surface area contributed by atoms with Crippen LogP contribution in [-0.4, -0.2) is 33.2 Å². The van der Waals surface area contributed by atoms with Crippen molar-refractivity contribution in [2.24, 2.45) is 0 Å². The molecule has 0 amide bonds. The summed E-state index contributed by atoms with van der Waals surface area (Å²) in [6.07, 6.45) is -0.249. The molecule has 0 saturated carbocycles. The first-order chi connectivity index (χ1) is 8.71. The van der Waals surface area contributed by atoms with Crippen LogP contribution in [0.2, 0.25) is 5.02 Å². The third kappa shape index (κ3) is 4.72. The second-order valence-corrected chi connectivity index (χ2v) is 3.98. The number of benzene rings is 1. The lowest BCUT2D eigenvalue weighted by molar-refractivity contribution is -0.126. The Labute approximate surface area is 113 Å². The smallest absolute Gasteiger partial charge is 0.174 e. The quantitative estimate of drug-likeness (QED) is 0.739. The van der Waals surface area contributed by atoms with E-state index < -0.39 is 0 Å². The van der Waals surface area contributed by atoms with Crippen molar-refractivity contribution >= 4 is 17.3 Å². The van der Waals surface area contributed by atoms with Crippen LogP contribution in [-0.2, 0) is 9.47 Å². The van der Waals surface area contributed by atoms with Crippen LogP contribution in [0.1, 0.15) is 13.8 Å². The maximum absolute atomic E-state index is 6.04. The topological polar surface area (TPSA) is 39.7 Å². The minimum atomic E-state index is -0.249. The predicted molar refractivity (Wildman–Crippen MR) is 73.5 cm³/mol. The summed E-state index contributed by atoms with van der Waals surface area (Å²) < 4.78 is 16.0. The molecule has 0 spiro atoms. The van der Waals surface area contributed by atoms with Crippen molar-refractivity contribution in [2.75, 3.05) is 32.2 Å². The van der Waals surface area contributed by atoms with Crippen molar-refractivity contribution in [3.8, 4) is 5.75 Å². The average molecular weight is 274 g/mol. The van der Waals surface area contributed by atoms with Crippen LogP contribution in [0.15, 0.2) is 18.2 Å². The SMILES string of the molecule is CCOC(CNc1ccc(OC)c(Cl)c1)OCC. The van der Waals surface area contributed by atoms with Gasteiger partial charge in [0, 0.05) is 18.9 Å². The summed E-state index contributed by atoms with van der Waals surface area (Å²) in [5, 5.41) is 3.79. The van der Waals surface area contributed by atoms with Crippen LogP contribution in [0.5, 0.6) is 5.75 Å². The molecule has 1 N–H and O–H groups in total. The normalized spacial score (nSPS) is 10.7. The number of nitrogens with one attached hydrogen (secondary N) is 1. The number of hydrogen-bond acceptors (Lipinski definition) is 4. The highest BCUT2D eigenvalue weighted by Gasteiger charge is 2.08. The lowest BCUT2D eigenvalue weighted by atomic mass is 10.3. The lowest BCUT2D eigenvalue weighted by Gasteiger charge is -2.18. The zero-order valence-corrected chi connectivity index (χ0v) is 11.8. The molecule has 18 heavy (non-hydrogen) atoms. The summed E-state index contributed by atoms with van der Waals surface area (Å²) in [6, 6.07) is 5.54. The Bertz CT molecular complexity index is 354. The number of methoxy groups -OCH3 is 1. The molecule has 0 fully saturated rings. The Morgan fingerprint density at radius 3 is 2.39 bits per heavy atom. The maximum Gasteiger partial charge on any atom is 0.174 e. The van der Waals surface area contributed by atoms with Crippen LogP contribution in [0.4, 0.5) is 5.69 Å². The zero-order chi connectivity index (χ0) is 13.4. The molecule has 0 aromatic heterocycles. The minimum Gasteiger partial charge on any atom is -0.495 e. The van der Waals surface area contributed by atoms with Crippen LogP contribution in [0.3, 0.4) is 0 Å². The number of anilines is 1. The number of rotatable bonds is 8. The fourth-order valence-corrected chi connectivity index (χ4v) is 1.77. The molecular weight excluding hydrogens is 254 g/mol. The molecule has 0 atom stereocenters. The Morgan fingerprint density at radius 2 is 1.89 bits per heavy atom. The monoisotopic (exact) mass is 273 g/mol. The van der Waals surface area contributed by atoms with Gasteiger partial charge < -0.3 is 19.5 Å². The second-order valence-electron chi connectivity index (χ2n) is 3.57. The molecule has 0 aliphatic rings. The van der Waals surface area contributed by atoms with Gasteiger partial charge in [-0.15, -0.1) is 0 Å². The van der Waals surface area contributed by atoms with E-state index in [1.165, 1.54) is 0 Å². The van der Waals surface area contributed by atoms with Crippen molar-refractivity contribution in [1.29, 1.82) is 0 Å². The largest absolute Gasteiger partial charge is 0.495 e. The fourth-order valence-electron chi connectivity index (χ4n) is 1.52. The standard InChI is InChI=1S/C13H20ClNO3/c1-4-17-13(18-5-2)9-15-10-6-7-12(16-3)11(14)8-10/h6-8,13,15H,4-5,9H2,1-3H3. The van der Waals surface area contributed by atoms with Gasteiger partial charge in [-0.2, -0.15) is 0 Å². The second kappa shape index (κ2) is 8.19. The molecule has 1 aromatic carbocycles. The van der Waals surface area contributed by atoms with E-state index in [0.29, 0.717) is 30.5 Å². The summed E-state index contributed by atoms with van der Waals surface area (Å²) >= 11 is 6.04. The summed E-state index contributed by atoms with van der Waals surface area (Å²) in [5.74, 6) is 0.661. The number of halogens is 1. The van der Waals surface area contributed by atoms with Crippen LogP contribution < -0.4 is 10.1 Å². The molecular formula is C13H20ClNO3. The Morgan fingerprint density at radius 1 is 1.22 bits per heavy atom. The average Bonchev–Trinajstić information content (AvgIpc) is 2.36. The van der Waals surface area contributed by atoms with Crippen LogP contribution >= 0.6 is 11.6 Å². The summed E-state index contributed by atoms with van der Waals surface area (Å²) in [6.45, 7) is 5.70. The number of ether oxygens (including phenoxy) is 3. The Balaban J connectivity index is 2.53. The van der Waals surface area contributed by atoms with Gasteiger partial charge >= 0.3 is 0 Å². The van der Waals surface area contributed by atoms with Gasteiger partial charge in [0.15, 0.2) is 6.29 Å². The van der Waals surface area contributed by atoms with Crippen LogP contribution in [0.25, 0.3) is 0 Å². The molecule has 1 aromatic rings. The molecule has 4 nitrogen and oxygen atoms in total. The minimum absolute atomic E-state index is 0.249. The first-order valence-corrected chi connectivity index (χ1v) is 6.39. The van der Waals surface area contributed by atoms with Gasteiger partial charge in [0.1, 0.15) is 5.75 Å². The first kappa shape index (κ1) is 15.1. The summed E-state index contributed by atoms with van der Waals surface area (Å²) in [5.41, 5.74) is 0.908. The summed E-state index contributed by atoms with van der Waals surface area (Å²) in [4.78, 5) is 0. The van der Waals surface area contributed by atoms with Crippen molar-refractivity contribution < 1.29 is 14.2 Å². The highest BCUT2D eigenvalue weighted by Crippen LogP contribution is 2.27. The van der Waals surface area contributed by atoms with Crippen molar-refractivity contribution in [2.45, 2.75) is 20.1 Å². The van der Waals surface area contributed by atoms with E-state index in [4.69, 9.17) is 25.8 Å². The lowest BCUT2D eigenvalue weighted by Crippen LogP contribution is -2.26. The fraction of sp³-hybridized carbons (Fsp3) is 0.538. The molecule has 0 heterocycles. The highest BCUT2D eigenvalue weighted by atomic mass is 35.5. The third-order valence-corrected chi connectivity index (χ3v) is 2.63. The zero-order valence-electron chi connectivity index (χ0n) is 11.0. The van der Waals surface area contributed by atoms with Gasteiger partial charge in [-0.1, -0.05) is 11.6 Å². The van der Waals surface area contributed by atoms with Gasteiger partial charge in [-0.3, -0.25) is 0 Å². The molecule has 0 aliphatic heterocycles. The Kier molecular flexibility index (Phi) is 6.86. The first-order valence-electron chi connectivity index (χ1n) is 6.01. The van der Waals surface area contributed by atoms with E-state index >= 15 is 0 Å². The van der Waals surface area contributed by atoms with Gasteiger partial charge in [-0.05, 0) is 32.0 Å². The molecule has 0 aliphatic carbocycles. The van der Waals surface area contributed by atoms with Gasteiger partial charge in [0.2, 0.25) is 0 Å². The van der Waals surface area contributed by atoms with E-state index in [0.717, 1.165) is 5.69 Å². The molecule has 5 heteroatoms. The van der Waals surface area contributed by atoms with Crippen molar-refractivity contribution in [3.05, 3.63) is 23.2 Å².